The molecule has 5 heteroatoms. The van der Waals surface area contributed by atoms with Crippen LogP contribution in [0.4, 0.5) is 0 Å². The topological polar surface area (TPSA) is 56.3 Å². The summed E-state index contributed by atoms with van der Waals surface area (Å²) in [5.74, 6) is 2.05. The van der Waals surface area contributed by atoms with Crippen molar-refractivity contribution in [3.8, 4) is 0 Å². The van der Waals surface area contributed by atoms with Crippen molar-refractivity contribution < 1.29 is 0 Å². The molecule has 1 aromatic carbocycles. The van der Waals surface area contributed by atoms with Gasteiger partial charge >= 0.3 is 0 Å². The van der Waals surface area contributed by atoms with E-state index in [9.17, 15) is 0 Å². The Morgan fingerprint density at radius 3 is 3.00 bits per heavy atom. The van der Waals surface area contributed by atoms with Gasteiger partial charge in [-0.2, -0.15) is 0 Å². The lowest BCUT2D eigenvalue weighted by atomic mass is 9.78. The van der Waals surface area contributed by atoms with Crippen molar-refractivity contribution in [3.63, 3.8) is 0 Å². The van der Waals surface area contributed by atoms with Crippen molar-refractivity contribution >= 4 is 17.0 Å². The fourth-order valence-electron chi connectivity index (χ4n) is 4.05. The Hall–Kier alpha value is -2.04. The average molecular weight is 342 g/mol. The third-order valence-electron chi connectivity index (χ3n) is 5.23. The van der Waals surface area contributed by atoms with Crippen molar-refractivity contribution in [2.24, 2.45) is 10.4 Å². The molecular formula is C20H31N5. The second-order valence-corrected chi connectivity index (χ2v) is 7.51. The van der Waals surface area contributed by atoms with Crippen LogP contribution in [0.15, 0.2) is 29.3 Å². The summed E-state index contributed by atoms with van der Waals surface area (Å²) in [6.45, 7) is 7.75. The monoisotopic (exact) mass is 341 g/mol. The zero-order chi connectivity index (χ0) is 17.7. The number of aromatic nitrogens is 2. The van der Waals surface area contributed by atoms with Gasteiger partial charge in [-0.1, -0.05) is 32.4 Å². The number of hydrogen-bond acceptors (Lipinski definition) is 2. The maximum atomic E-state index is 4.65. The standard InChI is InChI=1S/C20H31N5/c1-4-11-20(2)12-7-14-25(15-20)19(21-3)22-13-10-18-23-16-8-5-6-9-17(16)24-18/h5-6,8-9H,4,7,10-15H2,1-3H3,(H,21,22)(H,23,24). The highest BCUT2D eigenvalue weighted by Gasteiger charge is 2.31. The molecule has 1 saturated heterocycles. The number of para-hydroxylation sites is 2. The summed E-state index contributed by atoms with van der Waals surface area (Å²) in [5, 5.41) is 3.53. The number of benzene rings is 1. The summed E-state index contributed by atoms with van der Waals surface area (Å²) in [6, 6.07) is 8.18. The minimum atomic E-state index is 0.420. The molecule has 0 aliphatic carbocycles. The molecule has 0 saturated carbocycles. The van der Waals surface area contributed by atoms with E-state index in [0.717, 1.165) is 48.9 Å². The number of H-pyrrole nitrogens is 1. The smallest absolute Gasteiger partial charge is 0.193 e. The summed E-state index contributed by atoms with van der Waals surface area (Å²) in [5.41, 5.74) is 2.56. The van der Waals surface area contributed by atoms with Crippen molar-refractivity contribution in [1.29, 1.82) is 0 Å². The number of nitrogens with one attached hydrogen (secondary N) is 2. The van der Waals surface area contributed by atoms with Gasteiger partial charge in [0, 0.05) is 33.1 Å². The maximum absolute atomic E-state index is 4.65. The van der Waals surface area contributed by atoms with Gasteiger partial charge in [0.25, 0.3) is 0 Å². The molecule has 2 N–H and O–H groups in total. The fourth-order valence-corrected chi connectivity index (χ4v) is 4.05. The third-order valence-corrected chi connectivity index (χ3v) is 5.23. The minimum Gasteiger partial charge on any atom is -0.356 e. The van der Waals surface area contributed by atoms with Gasteiger partial charge in [0.1, 0.15) is 5.82 Å². The van der Waals surface area contributed by atoms with E-state index in [0.29, 0.717) is 5.41 Å². The third kappa shape index (κ3) is 4.33. The zero-order valence-electron chi connectivity index (χ0n) is 15.8. The molecule has 0 bridgehead atoms. The number of piperidine rings is 1. The molecule has 0 amide bonds. The molecule has 1 aliphatic heterocycles. The number of aromatic amines is 1. The van der Waals surface area contributed by atoms with Crippen LogP contribution in [0.5, 0.6) is 0 Å². The summed E-state index contributed by atoms with van der Waals surface area (Å²) in [6.07, 6.45) is 5.99. The highest BCUT2D eigenvalue weighted by molar-refractivity contribution is 5.80. The normalized spacial score (nSPS) is 21.7. The van der Waals surface area contributed by atoms with Crippen LogP contribution in [-0.4, -0.2) is 47.5 Å². The summed E-state index contributed by atoms with van der Waals surface area (Å²) >= 11 is 0. The molecule has 2 aromatic rings. The first-order valence-electron chi connectivity index (χ1n) is 9.53. The van der Waals surface area contributed by atoms with Crippen LogP contribution in [0, 0.1) is 5.41 Å². The van der Waals surface area contributed by atoms with E-state index in [1.807, 2.05) is 25.2 Å². The molecule has 1 fully saturated rings. The minimum absolute atomic E-state index is 0.420. The summed E-state index contributed by atoms with van der Waals surface area (Å²) in [7, 11) is 1.88. The lowest BCUT2D eigenvalue weighted by Gasteiger charge is -2.42. The molecule has 1 atom stereocenters. The Kier molecular flexibility index (Phi) is 5.61. The van der Waals surface area contributed by atoms with Gasteiger partial charge in [-0.25, -0.2) is 4.98 Å². The lowest BCUT2D eigenvalue weighted by molar-refractivity contribution is 0.142. The first-order chi connectivity index (χ1) is 12.1. The van der Waals surface area contributed by atoms with E-state index in [4.69, 9.17) is 0 Å². The van der Waals surface area contributed by atoms with Gasteiger partial charge in [-0.05, 0) is 36.8 Å². The Morgan fingerprint density at radius 2 is 2.24 bits per heavy atom. The van der Waals surface area contributed by atoms with Gasteiger partial charge in [0.2, 0.25) is 0 Å². The molecule has 0 spiro atoms. The molecule has 1 unspecified atom stereocenters. The highest BCUT2D eigenvalue weighted by Crippen LogP contribution is 2.33. The van der Waals surface area contributed by atoms with Crippen molar-refractivity contribution in [3.05, 3.63) is 30.1 Å². The second-order valence-electron chi connectivity index (χ2n) is 7.51. The van der Waals surface area contributed by atoms with E-state index in [2.05, 4.69) is 45.1 Å². The number of hydrogen-bond donors (Lipinski definition) is 2. The molecular weight excluding hydrogens is 310 g/mol. The highest BCUT2D eigenvalue weighted by atomic mass is 15.3. The first kappa shape index (κ1) is 17.8. The number of fused-ring (bicyclic) bond motifs is 1. The summed E-state index contributed by atoms with van der Waals surface area (Å²) in [4.78, 5) is 15.0. The molecule has 136 valence electrons. The second kappa shape index (κ2) is 7.89. The van der Waals surface area contributed by atoms with E-state index >= 15 is 0 Å². The van der Waals surface area contributed by atoms with Gasteiger partial charge in [-0.15, -0.1) is 0 Å². The maximum Gasteiger partial charge on any atom is 0.193 e. The molecule has 0 radical (unpaired) electrons. The first-order valence-corrected chi connectivity index (χ1v) is 9.53. The van der Waals surface area contributed by atoms with Gasteiger partial charge in [0.15, 0.2) is 5.96 Å². The largest absolute Gasteiger partial charge is 0.356 e. The van der Waals surface area contributed by atoms with Crippen molar-refractivity contribution in [2.45, 2.75) is 46.0 Å². The molecule has 1 aromatic heterocycles. The predicted molar refractivity (Wildman–Crippen MR) is 105 cm³/mol. The van der Waals surface area contributed by atoms with E-state index < -0.39 is 0 Å². The van der Waals surface area contributed by atoms with Crippen LogP contribution in [0.25, 0.3) is 11.0 Å². The Balaban J connectivity index is 1.55. The fraction of sp³-hybridized carbons (Fsp3) is 0.600. The van der Waals surface area contributed by atoms with Gasteiger partial charge in [0.05, 0.1) is 11.0 Å². The Labute approximate surface area is 150 Å². The summed E-state index contributed by atoms with van der Waals surface area (Å²) < 4.78 is 0. The van der Waals surface area contributed by atoms with Crippen LogP contribution < -0.4 is 5.32 Å². The van der Waals surface area contributed by atoms with Crippen LogP contribution in [0.3, 0.4) is 0 Å². The molecule has 1 aliphatic rings. The van der Waals surface area contributed by atoms with E-state index in [1.54, 1.807) is 0 Å². The van der Waals surface area contributed by atoms with E-state index in [-0.39, 0.29) is 0 Å². The van der Waals surface area contributed by atoms with Crippen LogP contribution in [0.1, 0.15) is 45.4 Å². The zero-order valence-corrected chi connectivity index (χ0v) is 15.8. The van der Waals surface area contributed by atoms with Gasteiger partial charge in [-0.3, -0.25) is 4.99 Å². The molecule has 3 rings (SSSR count). The SMILES string of the molecule is CCCC1(C)CCCN(C(=NC)NCCc2nc3ccccc3[nH]2)C1. The molecule has 5 nitrogen and oxygen atoms in total. The number of imidazole rings is 1. The van der Waals surface area contributed by atoms with Crippen molar-refractivity contribution in [1.82, 2.24) is 20.2 Å². The number of guanidine groups is 1. The molecule has 2 heterocycles. The van der Waals surface area contributed by atoms with Crippen LogP contribution in [0.2, 0.25) is 0 Å². The molecule has 25 heavy (non-hydrogen) atoms. The number of rotatable bonds is 5. The van der Waals surface area contributed by atoms with Crippen LogP contribution in [-0.2, 0) is 6.42 Å². The van der Waals surface area contributed by atoms with Crippen LogP contribution >= 0.6 is 0 Å². The Morgan fingerprint density at radius 1 is 1.40 bits per heavy atom. The van der Waals surface area contributed by atoms with Crippen molar-refractivity contribution in [2.75, 3.05) is 26.7 Å². The predicted octanol–water partition coefficient (Wildman–Crippen LogP) is 3.58. The lowest BCUT2D eigenvalue weighted by Crippen LogP contribution is -2.50. The number of aliphatic imine (C=N–C) groups is 1. The van der Waals surface area contributed by atoms with Gasteiger partial charge < -0.3 is 15.2 Å². The average Bonchev–Trinajstić information content (AvgIpc) is 3.01. The Bertz CT molecular complexity index is 683. The quantitative estimate of drug-likeness (QED) is 0.645. The van der Waals surface area contributed by atoms with E-state index in [1.165, 1.54) is 25.7 Å². The number of nitrogens with zero attached hydrogens (tertiary/aromatic N) is 3. The number of likely N-dealkylation sites (tertiary alicyclic amines) is 1.